The summed E-state index contributed by atoms with van der Waals surface area (Å²) in [6.07, 6.45) is 0.179. The number of ether oxygens (including phenoxy) is 1. The van der Waals surface area contributed by atoms with Crippen molar-refractivity contribution in [1.29, 1.82) is 0 Å². The Morgan fingerprint density at radius 3 is 2.41 bits per heavy atom. The summed E-state index contributed by atoms with van der Waals surface area (Å²) in [7, 11) is 0. The van der Waals surface area contributed by atoms with Crippen LogP contribution in [-0.2, 0) is 4.74 Å². The molecule has 0 amide bonds. The van der Waals surface area contributed by atoms with Crippen molar-refractivity contribution in [2.45, 2.75) is 46.3 Å². The monoisotopic (exact) mass is 233 g/mol. The fourth-order valence-electron chi connectivity index (χ4n) is 2.48. The van der Waals surface area contributed by atoms with E-state index in [4.69, 9.17) is 4.74 Å². The van der Waals surface area contributed by atoms with Gasteiger partial charge in [0.05, 0.1) is 11.7 Å². The maximum Gasteiger partial charge on any atom is 0.0959 e. The van der Waals surface area contributed by atoms with E-state index in [2.05, 4.69) is 52.1 Å². The number of hydrogen-bond acceptors (Lipinski definition) is 2. The van der Waals surface area contributed by atoms with Crippen LogP contribution in [0.15, 0.2) is 12.1 Å². The molecule has 0 aliphatic carbocycles. The standard InChI is InChI=1S/C15H23NO/c1-10-6-12(3)13(7-11(10)2)14-8-16-9-15(4,5)17-14/h6-7,14,16H,8-9H2,1-5H3. The summed E-state index contributed by atoms with van der Waals surface area (Å²) in [5.74, 6) is 0. The molecule has 1 N–H and O–H groups in total. The van der Waals surface area contributed by atoms with Gasteiger partial charge in [-0.15, -0.1) is 0 Å². The van der Waals surface area contributed by atoms with E-state index in [0.29, 0.717) is 0 Å². The molecule has 1 aliphatic heterocycles. The molecule has 1 aromatic carbocycles. The second-order valence-electron chi connectivity index (χ2n) is 5.79. The highest BCUT2D eigenvalue weighted by Crippen LogP contribution is 2.30. The fourth-order valence-corrected chi connectivity index (χ4v) is 2.48. The van der Waals surface area contributed by atoms with Crippen molar-refractivity contribution in [2.24, 2.45) is 0 Å². The minimum Gasteiger partial charge on any atom is -0.365 e. The van der Waals surface area contributed by atoms with Gasteiger partial charge in [-0.3, -0.25) is 0 Å². The number of morpholine rings is 1. The zero-order chi connectivity index (χ0) is 12.6. The van der Waals surface area contributed by atoms with Crippen molar-refractivity contribution in [1.82, 2.24) is 5.32 Å². The first-order valence-corrected chi connectivity index (χ1v) is 6.35. The summed E-state index contributed by atoms with van der Waals surface area (Å²) >= 11 is 0. The van der Waals surface area contributed by atoms with Crippen LogP contribution < -0.4 is 5.32 Å². The van der Waals surface area contributed by atoms with Gasteiger partial charge in [-0.2, -0.15) is 0 Å². The molecule has 0 spiro atoms. The summed E-state index contributed by atoms with van der Waals surface area (Å²) in [5, 5.41) is 3.46. The van der Waals surface area contributed by atoms with E-state index in [0.717, 1.165) is 13.1 Å². The third-order valence-electron chi connectivity index (χ3n) is 3.57. The first-order chi connectivity index (χ1) is 7.89. The van der Waals surface area contributed by atoms with Crippen molar-refractivity contribution >= 4 is 0 Å². The van der Waals surface area contributed by atoms with Crippen LogP contribution in [0.1, 0.15) is 42.2 Å². The molecule has 0 saturated carbocycles. The molecule has 2 rings (SSSR count). The van der Waals surface area contributed by atoms with Crippen LogP contribution in [0.25, 0.3) is 0 Å². The van der Waals surface area contributed by atoms with Gasteiger partial charge in [0.2, 0.25) is 0 Å². The SMILES string of the molecule is Cc1cc(C)c(C2CNCC(C)(C)O2)cc1C. The second kappa shape index (κ2) is 4.43. The van der Waals surface area contributed by atoms with Gasteiger partial charge in [0.25, 0.3) is 0 Å². The Balaban J connectivity index is 2.31. The molecular formula is C15H23NO. The first kappa shape index (κ1) is 12.6. The van der Waals surface area contributed by atoms with Gasteiger partial charge in [0.15, 0.2) is 0 Å². The molecule has 1 fully saturated rings. The van der Waals surface area contributed by atoms with Gasteiger partial charge < -0.3 is 10.1 Å². The van der Waals surface area contributed by atoms with Crippen molar-refractivity contribution in [3.05, 3.63) is 34.4 Å². The van der Waals surface area contributed by atoms with Gasteiger partial charge >= 0.3 is 0 Å². The zero-order valence-electron chi connectivity index (χ0n) is 11.6. The van der Waals surface area contributed by atoms with Gasteiger partial charge in [-0.1, -0.05) is 12.1 Å². The lowest BCUT2D eigenvalue weighted by Gasteiger charge is -2.37. The van der Waals surface area contributed by atoms with Crippen LogP contribution in [0.5, 0.6) is 0 Å². The number of aryl methyl sites for hydroxylation is 3. The molecule has 94 valence electrons. The molecule has 1 heterocycles. The van der Waals surface area contributed by atoms with Crippen molar-refractivity contribution in [2.75, 3.05) is 13.1 Å². The third kappa shape index (κ3) is 2.70. The van der Waals surface area contributed by atoms with Gasteiger partial charge in [-0.05, 0) is 56.9 Å². The molecule has 0 aromatic heterocycles. The van der Waals surface area contributed by atoms with E-state index in [1.165, 1.54) is 22.3 Å². The molecule has 1 atom stereocenters. The summed E-state index contributed by atoms with van der Waals surface area (Å²) in [4.78, 5) is 0. The van der Waals surface area contributed by atoms with E-state index >= 15 is 0 Å². The fraction of sp³-hybridized carbons (Fsp3) is 0.600. The lowest BCUT2D eigenvalue weighted by molar-refractivity contribution is -0.0961. The Hall–Kier alpha value is -0.860. The smallest absolute Gasteiger partial charge is 0.0959 e. The number of rotatable bonds is 1. The lowest BCUT2D eigenvalue weighted by atomic mass is 9.95. The topological polar surface area (TPSA) is 21.3 Å². The molecule has 1 aliphatic rings. The largest absolute Gasteiger partial charge is 0.365 e. The quantitative estimate of drug-likeness (QED) is 0.805. The first-order valence-electron chi connectivity index (χ1n) is 6.35. The van der Waals surface area contributed by atoms with Crippen LogP contribution in [0.4, 0.5) is 0 Å². The van der Waals surface area contributed by atoms with E-state index in [9.17, 15) is 0 Å². The second-order valence-corrected chi connectivity index (χ2v) is 5.79. The molecule has 0 bridgehead atoms. The van der Waals surface area contributed by atoms with Crippen LogP contribution in [0, 0.1) is 20.8 Å². The van der Waals surface area contributed by atoms with Crippen LogP contribution in [-0.4, -0.2) is 18.7 Å². The Bertz CT molecular complexity index is 423. The number of hydrogen-bond donors (Lipinski definition) is 1. The van der Waals surface area contributed by atoms with Crippen LogP contribution in [0.2, 0.25) is 0 Å². The van der Waals surface area contributed by atoms with Gasteiger partial charge in [0.1, 0.15) is 0 Å². The Labute approximate surface area is 104 Å². The summed E-state index contributed by atoms with van der Waals surface area (Å²) in [6.45, 7) is 12.6. The maximum atomic E-state index is 6.17. The van der Waals surface area contributed by atoms with Crippen LogP contribution in [0.3, 0.4) is 0 Å². The molecule has 1 saturated heterocycles. The highest BCUT2D eigenvalue weighted by molar-refractivity contribution is 5.38. The molecule has 1 aromatic rings. The molecular weight excluding hydrogens is 210 g/mol. The highest BCUT2D eigenvalue weighted by Gasteiger charge is 2.29. The van der Waals surface area contributed by atoms with E-state index in [1.807, 2.05) is 0 Å². The van der Waals surface area contributed by atoms with E-state index in [-0.39, 0.29) is 11.7 Å². The summed E-state index contributed by atoms with van der Waals surface area (Å²) < 4.78 is 6.17. The van der Waals surface area contributed by atoms with Crippen LogP contribution >= 0.6 is 0 Å². The maximum absolute atomic E-state index is 6.17. The zero-order valence-corrected chi connectivity index (χ0v) is 11.6. The minimum absolute atomic E-state index is 0.0753. The van der Waals surface area contributed by atoms with Gasteiger partial charge in [-0.25, -0.2) is 0 Å². The summed E-state index contributed by atoms with van der Waals surface area (Å²) in [6, 6.07) is 4.54. The predicted molar refractivity (Wildman–Crippen MR) is 71.4 cm³/mol. The highest BCUT2D eigenvalue weighted by atomic mass is 16.5. The van der Waals surface area contributed by atoms with Crippen molar-refractivity contribution in [3.8, 4) is 0 Å². The minimum atomic E-state index is -0.0753. The molecule has 2 nitrogen and oxygen atoms in total. The Morgan fingerprint density at radius 2 is 1.76 bits per heavy atom. The predicted octanol–water partition coefficient (Wildman–Crippen LogP) is 3.05. The molecule has 1 unspecified atom stereocenters. The van der Waals surface area contributed by atoms with E-state index < -0.39 is 0 Å². The van der Waals surface area contributed by atoms with Crippen molar-refractivity contribution < 1.29 is 4.74 Å². The average molecular weight is 233 g/mol. The van der Waals surface area contributed by atoms with Crippen molar-refractivity contribution in [3.63, 3.8) is 0 Å². The molecule has 0 radical (unpaired) electrons. The Morgan fingerprint density at radius 1 is 1.12 bits per heavy atom. The lowest BCUT2D eigenvalue weighted by Crippen LogP contribution is -2.47. The number of nitrogens with one attached hydrogen (secondary N) is 1. The van der Waals surface area contributed by atoms with E-state index in [1.54, 1.807) is 0 Å². The van der Waals surface area contributed by atoms with Gasteiger partial charge in [0, 0.05) is 13.1 Å². The third-order valence-corrected chi connectivity index (χ3v) is 3.57. The average Bonchev–Trinajstić information content (AvgIpc) is 2.22. The normalized spacial score (nSPS) is 23.7. The molecule has 2 heteroatoms. The Kier molecular flexibility index (Phi) is 3.28. The summed E-state index contributed by atoms with van der Waals surface area (Å²) in [5.41, 5.74) is 5.28. The number of benzene rings is 1. The molecule has 17 heavy (non-hydrogen) atoms.